The molecular weight excluding hydrogens is 289 g/mol. The van der Waals surface area contributed by atoms with Crippen LogP contribution in [0.4, 0.5) is 10.1 Å². The molecule has 0 fully saturated rings. The van der Waals surface area contributed by atoms with Crippen molar-refractivity contribution in [2.24, 2.45) is 5.10 Å². The summed E-state index contributed by atoms with van der Waals surface area (Å²) < 4.78 is 13.2. The van der Waals surface area contributed by atoms with Gasteiger partial charge in [0.1, 0.15) is 24.0 Å². The van der Waals surface area contributed by atoms with E-state index in [0.29, 0.717) is 0 Å². The molecule has 0 amide bonds. The summed E-state index contributed by atoms with van der Waals surface area (Å²) >= 11 is 2.94. The molecule has 82 valence electrons. The molecule has 0 heterocycles. The monoisotopic (exact) mass is 291 g/mol. The van der Waals surface area contributed by atoms with Gasteiger partial charge in [0.15, 0.2) is 0 Å². The fourth-order valence-electron chi connectivity index (χ4n) is 0.940. The van der Waals surface area contributed by atoms with E-state index in [1.165, 1.54) is 18.2 Å². The molecular formula is C10H3BrFN5. The largest absolute Gasteiger partial charge is 0.274 e. The Morgan fingerprint density at radius 1 is 1.29 bits per heavy atom. The van der Waals surface area contributed by atoms with E-state index in [0.717, 1.165) is 6.07 Å². The van der Waals surface area contributed by atoms with Crippen molar-refractivity contribution in [1.82, 2.24) is 0 Å². The summed E-state index contributed by atoms with van der Waals surface area (Å²) in [6, 6.07) is 7.26. The number of nitrogens with one attached hydrogen (secondary N) is 1. The van der Waals surface area contributed by atoms with E-state index >= 15 is 0 Å². The summed E-state index contributed by atoms with van der Waals surface area (Å²) in [5, 5.41) is 29.2. The highest BCUT2D eigenvalue weighted by Crippen LogP contribution is 2.28. The summed E-state index contributed by atoms with van der Waals surface area (Å²) in [7, 11) is 0. The first kappa shape index (κ1) is 12.6. The van der Waals surface area contributed by atoms with Crippen molar-refractivity contribution >= 4 is 27.3 Å². The standard InChI is InChI=1S/C10H3BrFN5/c11-9-8(12)2-1-6(3-13)10(9)17-16-7(4-14)5-15/h1-2,17H. The Balaban J connectivity index is 3.21. The van der Waals surface area contributed by atoms with Crippen molar-refractivity contribution in [1.29, 1.82) is 15.8 Å². The molecule has 17 heavy (non-hydrogen) atoms. The Bertz CT molecular complexity index is 587. The Morgan fingerprint density at radius 3 is 2.47 bits per heavy atom. The van der Waals surface area contributed by atoms with Crippen LogP contribution in [0.3, 0.4) is 0 Å². The maximum atomic E-state index is 13.2. The van der Waals surface area contributed by atoms with Crippen molar-refractivity contribution in [3.63, 3.8) is 0 Å². The molecule has 0 atom stereocenters. The second-order valence-corrected chi connectivity index (χ2v) is 3.48. The van der Waals surface area contributed by atoms with E-state index < -0.39 is 11.5 Å². The predicted molar refractivity (Wildman–Crippen MR) is 61.1 cm³/mol. The first-order chi connectivity index (χ1) is 8.13. The topological polar surface area (TPSA) is 95.8 Å². The van der Waals surface area contributed by atoms with Crippen LogP contribution in [0, 0.1) is 39.8 Å². The molecule has 1 rings (SSSR count). The highest BCUT2D eigenvalue weighted by atomic mass is 79.9. The van der Waals surface area contributed by atoms with Gasteiger partial charge in [-0.2, -0.15) is 20.9 Å². The molecule has 5 nitrogen and oxygen atoms in total. The molecule has 7 heteroatoms. The Morgan fingerprint density at radius 2 is 1.94 bits per heavy atom. The number of benzene rings is 1. The number of hydrogen-bond donors (Lipinski definition) is 1. The predicted octanol–water partition coefficient (Wildman–Crippen LogP) is 2.27. The molecule has 0 spiro atoms. The highest BCUT2D eigenvalue weighted by molar-refractivity contribution is 9.10. The average Bonchev–Trinajstić information content (AvgIpc) is 2.35. The highest BCUT2D eigenvalue weighted by Gasteiger charge is 2.11. The smallest absolute Gasteiger partial charge is 0.237 e. The lowest BCUT2D eigenvalue weighted by Crippen LogP contribution is -2.00. The third kappa shape index (κ3) is 2.78. The Labute approximate surface area is 105 Å². The third-order valence-electron chi connectivity index (χ3n) is 1.71. The number of anilines is 1. The van der Waals surface area contributed by atoms with Gasteiger partial charge in [0.25, 0.3) is 0 Å². The van der Waals surface area contributed by atoms with Gasteiger partial charge in [-0.05, 0) is 28.1 Å². The van der Waals surface area contributed by atoms with Crippen LogP contribution >= 0.6 is 15.9 Å². The van der Waals surface area contributed by atoms with Gasteiger partial charge < -0.3 is 0 Å². The maximum Gasteiger partial charge on any atom is 0.237 e. The molecule has 0 aliphatic rings. The lowest BCUT2D eigenvalue weighted by molar-refractivity contribution is 0.621. The molecule has 0 saturated carbocycles. The molecule has 0 aromatic heterocycles. The molecule has 0 radical (unpaired) electrons. The number of rotatable bonds is 2. The first-order valence-electron chi connectivity index (χ1n) is 4.16. The van der Waals surface area contributed by atoms with Crippen molar-refractivity contribution in [3.05, 3.63) is 28.0 Å². The fraction of sp³-hybridized carbons (Fsp3) is 0. The Hall–Kier alpha value is -2.43. The van der Waals surface area contributed by atoms with Crippen molar-refractivity contribution in [3.8, 4) is 18.2 Å². The molecule has 0 bridgehead atoms. The first-order valence-corrected chi connectivity index (χ1v) is 4.95. The summed E-state index contributed by atoms with van der Waals surface area (Å²) in [5.74, 6) is -0.586. The van der Waals surface area contributed by atoms with E-state index in [2.05, 4.69) is 26.5 Å². The lowest BCUT2D eigenvalue weighted by atomic mass is 10.2. The van der Waals surface area contributed by atoms with Crippen LogP contribution in [0.5, 0.6) is 0 Å². The minimum absolute atomic E-state index is 0.00975. The molecule has 1 aromatic rings. The normalized spacial score (nSPS) is 8.41. The number of halogens is 2. The van der Waals surface area contributed by atoms with Crippen molar-refractivity contribution in [2.45, 2.75) is 0 Å². The van der Waals surface area contributed by atoms with Gasteiger partial charge in [0, 0.05) is 0 Å². The zero-order chi connectivity index (χ0) is 12.8. The van der Waals surface area contributed by atoms with E-state index in [9.17, 15) is 4.39 Å². The van der Waals surface area contributed by atoms with Gasteiger partial charge in [0.05, 0.1) is 15.7 Å². The van der Waals surface area contributed by atoms with E-state index in [4.69, 9.17) is 15.8 Å². The molecule has 0 aliphatic carbocycles. The quantitative estimate of drug-likeness (QED) is 0.668. The lowest BCUT2D eigenvalue weighted by Gasteiger charge is -2.06. The molecule has 1 N–H and O–H groups in total. The van der Waals surface area contributed by atoms with Gasteiger partial charge >= 0.3 is 0 Å². The zero-order valence-electron chi connectivity index (χ0n) is 8.20. The zero-order valence-corrected chi connectivity index (χ0v) is 9.79. The summed E-state index contributed by atoms with van der Waals surface area (Å²) in [6.07, 6.45) is 0. The molecule has 0 aliphatic heterocycles. The molecule has 0 unspecified atom stereocenters. The van der Waals surface area contributed by atoms with E-state index in [-0.39, 0.29) is 15.7 Å². The number of hydrazone groups is 1. The van der Waals surface area contributed by atoms with Gasteiger partial charge in [0.2, 0.25) is 5.71 Å². The van der Waals surface area contributed by atoms with E-state index in [1.54, 1.807) is 0 Å². The van der Waals surface area contributed by atoms with Crippen molar-refractivity contribution in [2.75, 3.05) is 5.43 Å². The van der Waals surface area contributed by atoms with Gasteiger partial charge in [-0.1, -0.05) is 0 Å². The summed E-state index contributed by atoms with van der Waals surface area (Å²) in [5.41, 5.74) is 2.08. The van der Waals surface area contributed by atoms with Gasteiger partial charge in [-0.15, -0.1) is 0 Å². The average molecular weight is 292 g/mol. The van der Waals surface area contributed by atoms with Gasteiger partial charge in [-0.25, -0.2) is 4.39 Å². The van der Waals surface area contributed by atoms with Crippen LogP contribution in [0.1, 0.15) is 5.56 Å². The van der Waals surface area contributed by atoms with Crippen LogP contribution in [0.2, 0.25) is 0 Å². The van der Waals surface area contributed by atoms with Gasteiger partial charge in [-0.3, -0.25) is 5.43 Å². The van der Waals surface area contributed by atoms with Crippen LogP contribution < -0.4 is 5.43 Å². The number of hydrogen-bond acceptors (Lipinski definition) is 5. The SMILES string of the molecule is N#CC(C#N)=NNc1c(C#N)ccc(F)c1Br. The molecule has 1 aromatic carbocycles. The number of nitrogens with zero attached hydrogens (tertiary/aromatic N) is 4. The third-order valence-corrected chi connectivity index (χ3v) is 2.48. The Kier molecular flexibility index (Phi) is 4.16. The van der Waals surface area contributed by atoms with Crippen molar-refractivity contribution < 1.29 is 4.39 Å². The van der Waals surface area contributed by atoms with Crippen LogP contribution in [-0.4, -0.2) is 5.71 Å². The van der Waals surface area contributed by atoms with Crippen LogP contribution in [0.25, 0.3) is 0 Å². The van der Waals surface area contributed by atoms with E-state index in [1.807, 2.05) is 6.07 Å². The minimum Gasteiger partial charge on any atom is -0.274 e. The number of nitriles is 3. The van der Waals surface area contributed by atoms with Crippen LogP contribution in [0.15, 0.2) is 21.7 Å². The summed E-state index contributed by atoms with van der Waals surface area (Å²) in [4.78, 5) is 0. The minimum atomic E-state index is -0.586. The second kappa shape index (κ2) is 5.60. The molecule has 0 saturated heterocycles. The fourth-order valence-corrected chi connectivity index (χ4v) is 1.37. The summed E-state index contributed by atoms with van der Waals surface area (Å²) in [6.45, 7) is 0. The maximum absolute atomic E-state index is 13.2. The van der Waals surface area contributed by atoms with Crippen LogP contribution in [-0.2, 0) is 0 Å². The second-order valence-electron chi connectivity index (χ2n) is 2.69.